The molecule has 0 radical (unpaired) electrons. The Labute approximate surface area is 129 Å². The third-order valence-electron chi connectivity index (χ3n) is 3.21. The zero-order valence-electron chi connectivity index (χ0n) is 10.9. The summed E-state index contributed by atoms with van der Waals surface area (Å²) < 4.78 is 0.995. The van der Waals surface area contributed by atoms with E-state index in [1.807, 2.05) is 43.3 Å². The van der Waals surface area contributed by atoms with Crippen LogP contribution in [-0.2, 0) is 6.42 Å². The largest absolute Gasteiger partial charge is 0.293 e. The molecule has 20 heavy (non-hydrogen) atoms. The molecule has 3 aromatic rings. The van der Waals surface area contributed by atoms with Crippen LogP contribution < -0.4 is 0 Å². The van der Waals surface area contributed by atoms with Gasteiger partial charge in [-0.05, 0) is 46.1 Å². The molecule has 2 heterocycles. The van der Waals surface area contributed by atoms with Gasteiger partial charge in [0.05, 0.1) is 14.2 Å². The van der Waals surface area contributed by atoms with Gasteiger partial charge in [-0.1, -0.05) is 24.3 Å². The molecule has 0 amide bonds. The maximum Gasteiger partial charge on any atom is 0.177 e. The highest BCUT2D eigenvalue weighted by atomic mass is 79.9. The van der Waals surface area contributed by atoms with Crippen molar-refractivity contribution in [1.82, 2.24) is 4.98 Å². The Morgan fingerprint density at radius 2 is 2.10 bits per heavy atom. The summed E-state index contributed by atoms with van der Waals surface area (Å²) >= 11 is 4.92. The lowest BCUT2D eigenvalue weighted by atomic mass is 10.0. The summed E-state index contributed by atoms with van der Waals surface area (Å²) in [6, 6.07) is 11.9. The van der Waals surface area contributed by atoms with Gasteiger partial charge in [-0.3, -0.25) is 9.78 Å². The number of carbonyl (C=O) groups is 1. The molecule has 0 atom stereocenters. The van der Waals surface area contributed by atoms with Gasteiger partial charge in [0, 0.05) is 18.0 Å². The highest BCUT2D eigenvalue weighted by Crippen LogP contribution is 2.28. The van der Waals surface area contributed by atoms with Gasteiger partial charge >= 0.3 is 0 Å². The zero-order valence-corrected chi connectivity index (χ0v) is 13.3. The number of aromatic nitrogens is 1. The van der Waals surface area contributed by atoms with Crippen molar-refractivity contribution < 1.29 is 4.79 Å². The van der Waals surface area contributed by atoms with Crippen LogP contribution in [0.25, 0.3) is 10.9 Å². The van der Waals surface area contributed by atoms with Crippen molar-refractivity contribution in [3.05, 3.63) is 62.4 Å². The van der Waals surface area contributed by atoms with Gasteiger partial charge < -0.3 is 0 Å². The molecule has 0 saturated carbocycles. The van der Waals surface area contributed by atoms with Crippen molar-refractivity contribution in [3.8, 4) is 0 Å². The SMILES string of the molecule is Cc1cc(Br)sc1C(=O)Cc1cccc2cccnc12. The third-order valence-corrected chi connectivity index (χ3v) is 4.99. The zero-order chi connectivity index (χ0) is 14.1. The van der Waals surface area contributed by atoms with E-state index in [0.29, 0.717) is 6.42 Å². The number of thiophene rings is 1. The average molecular weight is 346 g/mol. The van der Waals surface area contributed by atoms with E-state index >= 15 is 0 Å². The van der Waals surface area contributed by atoms with E-state index in [1.54, 1.807) is 6.20 Å². The highest BCUT2D eigenvalue weighted by Gasteiger charge is 2.15. The Bertz CT molecular complexity index is 789. The minimum atomic E-state index is 0.149. The Morgan fingerprint density at radius 1 is 1.30 bits per heavy atom. The normalized spacial score (nSPS) is 10.9. The molecule has 0 bridgehead atoms. The van der Waals surface area contributed by atoms with Crippen molar-refractivity contribution >= 4 is 44.0 Å². The first kappa shape index (κ1) is 13.5. The van der Waals surface area contributed by atoms with Gasteiger partial charge in [-0.25, -0.2) is 0 Å². The smallest absolute Gasteiger partial charge is 0.177 e. The van der Waals surface area contributed by atoms with Crippen LogP contribution in [0.1, 0.15) is 20.8 Å². The van der Waals surface area contributed by atoms with E-state index in [-0.39, 0.29) is 5.78 Å². The fourth-order valence-electron chi connectivity index (χ4n) is 2.28. The van der Waals surface area contributed by atoms with E-state index in [9.17, 15) is 4.79 Å². The van der Waals surface area contributed by atoms with Crippen molar-refractivity contribution in [3.63, 3.8) is 0 Å². The highest BCUT2D eigenvalue weighted by molar-refractivity contribution is 9.11. The second-order valence-corrected chi connectivity index (χ2v) is 7.09. The summed E-state index contributed by atoms with van der Waals surface area (Å²) in [5.74, 6) is 0.149. The summed E-state index contributed by atoms with van der Waals surface area (Å²) in [7, 11) is 0. The van der Waals surface area contributed by atoms with Crippen LogP contribution in [0.15, 0.2) is 46.4 Å². The van der Waals surface area contributed by atoms with Crippen LogP contribution in [0.5, 0.6) is 0 Å². The molecule has 100 valence electrons. The van der Waals surface area contributed by atoms with E-state index in [0.717, 1.165) is 30.7 Å². The molecule has 0 saturated heterocycles. The first-order valence-corrected chi connectivity index (χ1v) is 7.88. The molecule has 0 aliphatic rings. The number of benzene rings is 1. The van der Waals surface area contributed by atoms with E-state index in [2.05, 4.69) is 20.9 Å². The molecule has 2 nitrogen and oxygen atoms in total. The van der Waals surface area contributed by atoms with E-state index < -0.39 is 0 Å². The number of hydrogen-bond donors (Lipinski definition) is 0. The van der Waals surface area contributed by atoms with Gasteiger partial charge in [0.1, 0.15) is 0 Å². The lowest BCUT2D eigenvalue weighted by Crippen LogP contribution is -2.03. The van der Waals surface area contributed by atoms with Crippen molar-refractivity contribution in [2.24, 2.45) is 0 Å². The number of nitrogens with zero attached hydrogens (tertiary/aromatic N) is 1. The number of fused-ring (bicyclic) bond motifs is 1. The first-order valence-electron chi connectivity index (χ1n) is 6.27. The Kier molecular flexibility index (Phi) is 3.68. The Balaban J connectivity index is 1.97. The first-order chi connectivity index (χ1) is 9.65. The average Bonchev–Trinajstić information content (AvgIpc) is 2.78. The predicted molar refractivity (Wildman–Crippen MR) is 86.5 cm³/mol. The summed E-state index contributed by atoms with van der Waals surface area (Å²) in [5, 5.41) is 1.07. The third kappa shape index (κ3) is 2.53. The molecule has 0 aliphatic heterocycles. The summed E-state index contributed by atoms with van der Waals surface area (Å²) in [4.78, 5) is 17.7. The molecule has 2 aromatic heterocycles. The molecule has 1 aromatic carbocycles. The molecular formula is C16H12BrNOS. The molecule has 0 spiro atoms. The second kappa shape index (κ2) is 5.46. The lowest BCUT2D eigenvalue weighted by molar-refractivity contribution is 0.0996. The van der Waals surface area contributed by atoms with Crippen molar-refractivity contribution in [2.75, 3.05) is 0 Å². The van der Waals surface area contributed by atoms with Crippen LogP contribution >= 0.6 is 27.3 Å². The van der Waals surface area contributed by atoms with Crippen molar-refractivity contribution in [1.29, 1.82) is 0 Å². The lowest BCUT2D eigenvalue weighted by Gasteiger charge is -2.04. The van der Waals surface area contributed by atoms with E-state index in [1.165, 1.54) is 11.3 Å². The molecule has 0 aliphatic carbocycles. The van der Waals surface area contributed by atoms with Crippen LogP contribution in [0.2, 0.25) is 0 Å². The van der Waals surface area contributed by atoms with E-state index in [4.69, 9.17) is 0 Å². The van der Waals surface area contributed by atoms with Gasteiger partial charge in [0.25, 0.3) is 0 Å². The Morgan fingerprint density at radius 3 is 2.85 bits per heavy atom. The van der Waals surface area contributed by atoms with Gasteiger partial charge in [0.2, 0.25) is 0 Å². The summed E-state index contributed by atoms with van der Waals surface area (Å²) in [6.07, 6.45) is 2.16. The molecule has 0 fully saturated rings. The molecular weight excluding hydrogens is 334 g/mol. The predicted octanol–water partition coefficient (Wildman–Crippen LogP) is 4.79. The quantitative estimate of drug-likeness (QED) is 0.638. The molecule has 4 heteroatoms. The van der Waals surface area contributed by atoms with Crippen molar-refractivity contribution in [2.45, 2.75) is 13.3 Å². The van der Waals surface area contributed by atoms with Gasteiger partial charge in [-0.2, -0.15) is 0 Å². The van der Waals surface area contributed by atoms with Crippen LogP contribution in [0.3, 0.4) is 0 Å². The van der Waals surface area contributed by atoms with Crippen LogP contribution in [0, 0.1) is 6.92 Å². The van der Waals surface area contributed by atoms with Crippen LogP contribution in [0.4, 0.5) is 0 Å². The number of hydrogen-bond acceptors (Lipinski definition) is 3. The topological polar surface area (TPSA) is 30.0 Å². The molecule has 3 rings (SSSR count). The molecule has 0 N–H and O–H groups in total. The number of carbonyl (C=O) groups excluding carboxylic acids is 1. The number of aryl methyl sites for hydroxylation is 1. The number of rotatable bonds is 3. The van der Waals surface area contributed by atoms with Gasteiger partial charge in [0.15, 0.2) is 5.78 Å². The minimum Gasteiger partial charge on any atom is -0.293 e. The number of pyridine rings is 1. The number of para-hydroxylation sites is 1. The minimum absolute atomic E-state index is 0.149. The number of ketones is 1. The molecule has 0 unspecified atom stereocenters. The fourth-order valence-corrected chi connectivity index (χ4v) is 3.95. The number of Topliss-reactive ketones (excluding diaryl/α,β-unsaturated/α-hetero) is 1. The van der Waals surface area contributed by atoms with Gasteiger partial charge in [-0.15, -0.1) is 11.3 Å². The fraction of sp³-hybridized carbons (Fsp3) is 0.125. The maximum absolute atomic E-state index is 12.5. The summed E-state index contributed by atoms with van der Waals surface area (Å²) in [6.45, 7) is 1.97. The summed E-state index contributed by atoms with van der Waals surface area (Å²) in [5.41, 5.74) is 2.92. The maximum atomic E-state index is 12.5. The van der Waals surface area contributed by atoms with Crippen LogP contribution in [-0.4, -0.2) is 10.8 Å². The Hall–Kier alpha value is -1.52. The standard InChI is InChI=1S/C16H12BrNOS/c1-10-8-14(17)20-16(10)13(19)9-12-5-2-4-11-6-3-7-18-15(11)12/h2-8H,9H2,1H3. The number of halogens is 1. The second-order valence-electron chi connectivity index (χ2n) is 4.65. The monoisotopic (exact) mass is 345 g/mol.